The van der Waals surface area contributed by atoms with Crippen LogP contribution in [0.4, 0.5) is 0 Å². The van der Waals surface area contributed by atoms with Crippen molar-refractivity contribution in [3.8, 4) is 0 Å². The topological polar surface area (TPSA) is 232 Å². The maximum absolute atomic E-state index is 12.6. The summed E-state index contributed by atoms with van der Waals surface area (Å²) in [6, 6.07) is 0. The molecule has 1 amide bonds. The van der Waals surface area contributed by atoms with Crippen LogP contribution in [-0.2, 0) is 42.1 Å². The zero-order valence-corrected chi connectivity index (χ0v) is 28.2. The minimum absolute atomic E-state index is 0.206. The van der Waals surface area contributed by atoms with Crippen molar-refractivity contribution in [2.24, 2.45) is 5.41 Å². The van der Waals surface area contributed by atoms with E-state index in [2.05, 4.69) is 14.7 Å². The molecule has 0 radical (unpaired) electrons. The van der Waals surface area contributed by atoms with Gasteiger partial charge in [-0.2, -0.15) is 0 Å². The quantitative estimate of drug-likeness (QED) is 0.0661. The van der Waals surface area contributed by atoms with E-state index in [1.54, 1.807) is 20.8 Å². The van der Waals surface area contributed by atoms with Gasteiger partial charge in [0.2, 0.25) is 5.91 Å². The Hall–Kier alpha value is -1.19. The van der Waals surface area contributed by atoms with Crippen LogP contribution >= 0.6 is 12.3 Å². The van der Waals surface area contributed by atoms with E-state index in [1.165, 1.54) is 41.7 Å². The fourth-order valence-corrected chi connectivity index (χ4v) is 7.30. The first-order valence-corrected chi connectivity index (χ1v) is 14.5. The first-order valence-electron chi connectivity index (χ1n) is 13.8. The van der Waals surface area contributed by atoms with Gasteiger partial charge in [-0.05, 0) is 62.3 Å². The number of amides is 1. The van der Waals surface area contributed by atoms with Gasteiger partial charge in [-0.3, -0.25) is 8.98 Å². The number of methoxy groups -OCH3 is 1. The van der Waals surface area contributed by atoms with Crippen LogP contribution in [0.5, 0.6) is 0 Å². The zero-order chi connectivity index (χ0) is 34.6. The lowest BCUT2D eigenvalue weighted by Crippen LogP contribution is -2.86. The normalized spacial score (nSPS) is 49.5. The summed E-state index contributed by atoms with van der Waals surface area (Å²) in [5.74, 6) is -3.75. The van der Waals surface area contributed by atoms with Gasteiger partial charge in [0.25, 0.3) is 0 Å². The van der Waals surface area contributed by atoms with Crippen molar-refractivity contribution in [2.45, 2.75) is 127 Å². The lowest BCUT2D eigenvalue weighted by molar-refractivity contribution is -0.439. The van der Waals surface area contributed by atoms with Crippen LogP contribution in [0.2, 0.25) is 0 Å². The van der Waals surface area contributed by atoms with Gasteiger partial charge < -0.3 is 49.8 Å². The monoisotopic (exact) mass is 659 g/mol. The van der Waals surface area contributed by atoms with Crippen molar-refractivity contribution >= 4 is 24.2 Å². The summed E-state index contributed by atoms with van der Waals surface area (Å²) >= 11 is 0.206. The molecule has 0 aromatic heterocycles. The van der Waals surface area contributed by atoms with Gasteiger partial charge in [-0.1, -0.05) is 12.0 Å². The Morgan fingerprint density at radius 1 is 0.841 bits per heavy atom. The van der Waals surface area contributed by atoms with Gasteiger partial charge >= 0.3 is 5.97 Å². The lowest BCUT2D eigenvalue weighted by atomic mass is 9.52. The van der Waals surface area contributed by atoms with Gasteiger partial charge in [0.15, 0.2) is 23.7 Å². The molecule has 16 nitrogen and oxygen atoms in total. The Labute approximate surface area is 261 Å². The Morgan fingerprint density at radius 3 is 1.82 bits per heavy atom. The van der Waals surface area contributed by atoms with E-state index in [4.69, 9.17) is 28.4 Å². The molecule has 2 saturated heterocycles. The average Bonchev–Trinajstić information content (AvgIpc) is 2.90. The van der Waals surface area contributed by atoms with Crippen molar-refractivity contribution in [1.29, 1.82) is 0 Å². The molecule has 7 N–H and O–H groups in total. The van der Waals surface area contributed by atoms with Crippen molar-refractivity contribution in [2.75, 3.05) is 26.9 Å². The SMILES string of the molecule is COC1(C)OC(C)(CO)[C@@](C)(OSOOO)[C@@](C)(COCC2(C)OC(C)(C(=O)O)[C@@](C)(O)[C@@](C)(O)[C@]2(C)O)[C@]1(C)NC(C)=O. The number of rotatable bonds is 12. The minimum Gasteiger partial charge on any atom is -0.479 e. The third kappa shape index (κ3) is 4.99. The van der Waals surface area contributed by atoms with Crippen LogP contribution in [0.15, 0.2) is 0 Å². The average molecular weight is 660 g/mol. The summed E-state index contributed by atoms with van der Waals surface area (Å²) in [6.07, 6.45) is 0. The number of ether oxygens (including phenoxy) is 4. The number of aliphatic hydroxyl groups excluding tert-OH is 1. The Balaban J connectivity index is 2.74. The van der Waals surface area contributed by atoms with Crippen LogP contribution in [-0.4, -0.2) is 120 Å². The van der Waals surface area contributed by atoms with Crippen LogP contribution < -0.4 is 5.32 Å². The van der Waals surface area contributed by atoms with E-state index in [-0.39, 0.29) is 12.3 Å². The summed E-state index contributed by atoms with van der Waals surface area (Å²) in [5.41, 5.74) is -18.0. The third-order valence-electron chi connectivity index (χ3n) is 11.3. The molecule has 10 atom stereocenters. The number of aliphatic carboxylic acids is 1. The molecular weight excluding hydrogens is 610 g/mol. The molecular formula is C27H49NO15S. The van der Waals surface area contributed by atoms with Crippen LogP contribution in [0.1, 0.15) is 76.2 Å². The molecule has 2 aliphatic heterocycles. The zero-order valence-electron chi connectivity index (χ0n) is 27.4. The second-order valence-corrected chi connectivity index (χ2v) is 13.9. The first-order chi connectivity index (χ1) is 19.7. The van der Waals surface area contributed by atoms with E-state index in [1.807, 2.05) is 0 Å². The predicted octanol–water partition coefficient (Wildman–Crippen LogP) is 0.693. The largest absolute Gasteiger partial charge is 0.479 e. The third-order valence-corrected chi connectivity index (χ3v) is 11.8. The Bertz CT molecular complexity index is 1110. The van der Waals surface area contributed by atoms with E-state index in [0.717, 1.165) is 20.8 Å². The second kappa shape index (κ2) is 11.8. The molecule has 4 unspecified atom stereocenters. The van der Waals surface area contributed by atoms with Crippen molar-refractivity contribution < 1.29 is 72.9 Å². The Kier molecular flexibility index (Phi) is 10.5. The second-order valence-electron chi connectivity index (χ2n) is 13.5. The highest BCUT2D eigenvalue weighted by Crippen LogP contribution is 2.61. The van der Waals surface area contributed by atoms with E-state index < -0.39 is 87.6 Å². The van der Waals surface area contributed by atoms with Gasteiger partial charge in [0, 0.05) is 14.0 Å². The Morgan fingerprint density at radius 2 is 1.39 bits per heavy atom. The fraction of sp³-hybridized carbons (Fsp3) is 0.926. The summed E-state index contributed by atoms with van der Waals surface area (Å²) in [6.45, 7) is 13.2. The van der Waals surface area contributed by atoms with Gasteiger partial charge in [0.1, 0.15) is 39.1 Å². The molecule has 2 heterocycles. The van der Waals surface area contributed by atoms with Crippen LogP contribution in [0.3, 0.4) is 0 Å². The van der Waals surface area contributed by atoms with Gasteiger partial charge in [-0.25, -0.2) is 10.1 Å². The van der Waals surface area contributed by atoms with Crippen molar-refractivity contribution in [3.63, 3.8) is 0 Å². The molecule has 17 heteroatoms. The van der Waals surface area contributed by atoms with Gasteiger partial charge in [0.05, 0.1) is 25.2 Å². The van der Waals surface area contributed by atoms with Crippen molar-refractivity contribution in [1.82, 2.24) is 5.32 Å². The number of aliphatic hydroxyl groups is 4. The molecule has 2 fully saturated rings. The highest BCUT2D eigenvalue weighted by atomic mass is 32.2. The highest BCUT2D eigenvalue weighted by Gasteiger charge is 2.78. The number of carbonyl (C=O) groups excluding carboxylic acids is 1. The van der Waals surface area contributed by atoms with E-state index in [9.17, 15) is 35.1 Å². The summed E-state index contributed by atoms with van der Waals surface area (Å²) in [7, 11) is 1.34. The van der Waals surface area contributed by atoms with Crippen molar-refractivity contribution in [3.05, 3.63) is 0 Å². The number of carboxylic acid groups (broad SMARTS) is 1. The van der Waals surface area contributed by atoms with Gasteiger partial charge in [-0.15, -0.1) is 4.33 Å². The van der Waals surface area contributed by atoms with Crippen LogP contribution in [0.25, 0.3) is 0 Å². The molecule has 0 saturated carbocycles. The maximum Gasteiger partial charge on any atom is 0.338 e. The summed E-state index contributed by atoms with van der Waals surface area (Å²) in [5, 5.41) is 70.3. The summed E-state index contributed by atoms with van der Waals surface area (Å²) < 4.78 is 34.8. The molecule has 0 spiro atoms. The molecule has 2 aliphatic rings. The molecule has 0 bridgehead atoms. The molecule has 0 aliphatic carbocycles. The number of hydrogen-bond acceptors (Lipinski definition) is 15. The number of hydrogen-bond donors (Lipinski definition) is 7. The standard InChI is InChI=1S/C27H49NO15S/c1-16(30)28-22(6)18(2,26(10,41-44-43-42-36)19(3,13-29)40-27(22,11)37-12)14-38-15-20(4)23(7,33)25(9,35)24(8,34)21(5,39-20)17(31)32/h29,33-36H,13-15H2,1-12H3,(H,28,30)(H,31,32)/t18-,19?,20?,21?,22-,23+,24+,25-,26-,27?/m0/s1. The molecule has 44 heavy (non-hydrogen) atoms. The number of carboxylic acids is 1. The predicted molar refractivity (Wildman–Crippen MR) is 152 cm³/mol. The summed E-state index contributed by atoms with van der Waals surface area (Å²) in [4.78, 5) is 25.0. The molecule has 258 valence electrons. The van der Waals surface area contributed by atoms with Crippen LogP contribution in [0, 0.1) is 5.41 Å². The molecule has 0 aromatic carbocycles. The number of carbonyl (C=O) groups is 2. The number of nitrogens with one attached hydrogen (secondary N) is 1. The lowest BCUT2D eigenvalue weighted by Gasteiger charge is -2.69. The highest BCUT2D eigenvalue weighted by molar-refractivity contribution is 7.89. The molecule has 2 rings (SSSR count). The van der Waals surface area contributed by atoms with E-state index in [0.29, 0.717) is 0 Å². The maximum atomic E-state index is 12.6. The molecule has 0 aromatic rings. The van der Waals surface area contributed by atoms with E-state index >= 15 is 0 Å². The first kappa shape index (κ1) is 39.0. The fourth-order valence-electron chi connectivity index (χ4n) is 6.75. The smallest absolute Gasteiger partial charge is 0.338 e. The minimum atomic E-state index is -2.48.